The Morgan fingerprint density at radius 1 is 1.50 bits per heavy atom. The molecular weight excluding hydrogens is 235 g/mol. The molecule has 1 aromatic rings. The number of amides is 1. The van der Waals surface area contributed by atoms with Crippen LogP contribution in [0, 0.1) is 17.1 Å². The molecular formula is C13H15FN2O2. The topological polar surface area (TPSA) is 53.3 Å². The molecule has 0 aliphatic carbocycles. The van der Waals surface area contributed by atoms with Crippen molar-refractivity contribution in [3.05, 3.63) is 29.6 Å². The second kappa shape index (κ2) is 6.60. The van der Waals surface area contributed by atoms with E-state index in [0.717, 1.165) is 6.07 Å². The van der Waals surface area contributed by atoms with E-state index in [0.29, 0.717) is 12.8 Å². The molecule has 1 amide bonds. The van der Waals surface area contributed by atoms with E-state index in [4.69, 9.17) is 10.00 Å². The van der Waals surface area contributed by atoms with Gasteiger partial charge in [-0.25, -0.2) is 4.39 Å². The number of hydrogen-bond donors (Lipinski definition) is 0. The second-order valence-electron chi connectivity index (χ2n) is 4.00. The Morgan fingerprint density at radius 3 is 2.78 bits per heavy atom. The molecule has 1 rings (SSSR count). The number of halogens is 1. The lowest BCUT2D eigenvalue weighted by molar-refractivity contribution is -0.128. The number of nitriles is 1. The predicted octanol–water partition coefficient (Wildman–Crippen LogP) is 1.94. The van der Waals surface area contributed by atoms with Gasteiger partial charge in [-0.1, -0.05) is 0 Å². The van der Waals surface area contributed by atoms with Gasteiger partial charge in [-0.15, -0.1) is 0 Å². The van der Waals surface area contributed by atoms with Gasteiger partial charge in [-0.05, 0) is 24.6 Å². The van der Waals surface area contributed by atoms with Crippen LogP contribution in [0.5, 0.6) is 5.75 Å². The SMILES string of the molecule is CN(C)C(=O)CCCOc1ccc(C#N)cc1F. The number of rotatable bonds is 5. The van der Waals surface area contributed by atoms with Crippen LogP contribution in [0.1, 0.15) is 18.4 Å². The standard InChI is InChI=1S/C13H15FN2O2/c1-16(2)13(17)4-3-7-18-12-6-5-10(9-15)8-11(12)14/h5-6,8H,3-4,7H2,1-2H3. The number of hydrogen-bond acceptors (Lipinski definition) is 3. The summed E-state index contributed by atoms with van der Waals surface area (Å²) >= 11 is 0. The summed E-state index contributed by atoms with van der Waals surface area (Å²) in [5.41, 5.74) is 0.252. The minimum absolute atomic E-state index is 0.0129. The number of carbonyl (C=O) groups is 1. The summed E-state index contributed by atoms with van der Waals surface area (Å²) in [4.78, 5) is 12.8. The summed E-state index contributed by atoms with van der Waals surface area (Å²) in [6.45, 7) is 0.266. The van der Waals surface area contributed by atoms with E-state index < -0.39 is 5.82 Å². The van der Waals surface area contributed by atoms with Gasteiger partial charge in [-0.2, -0.15) is 5.26 Å². The van der Waals surface area contributed by atoms with E-state index in [1.165, 1.54) is 17.0 Å². The summed E-state index contributed by atoms with van der Waals surface area (Å²) < 4.78 is 18.6. The Labute approximate surface area is 106 Å². The van der Waals surface area contributed by atoms with Crippen LogP contribution >= 0.6 is 0 Å². The molecule has 0 fully saturated rings. The molecule has 0 heterocycles. The summed E-state index contributed by atoms with van der Waals surface area (Å²) in [5.74, 6) is -0.446. The predicted molar refractivity (Wildman–Crippen MR) is 64.5 cm³/mol. The lowest BCUT2D eigenvalue weighted by Crippen LogP contribution is -2.21. The van der Waals surface area contributed by atoms with E-state index in [1.807, 2.05) is 6.07 Å². The van der Waals surface area contributed by atoms with Gasteiger partial charge in [0, 0.05) is 20.5 Å². The van der Waals surface area contributed by atoms with Gasteiger partial charge in [-0.3, -0.25) is 4.79 Å². The van der Waals surface area contributed by atoms with Crippen LogP contribution in [0.2, 0.25) is 0 Å². The van der Waals surface area contributed by atoms with Crippen LogP contribution < -0.4 is 4.74 Å². The molecule has 0 aliphatic rings. The quantitative estimate of drug-likeness (QED) is 0.750. The molecule has 0 aliphatic heterocycles. The molecule has 0 unspecified atom stereocenters. The van der Waals surface area contributed by atoms with Crippen molar-refractivity contribution in [3.63, 3.8) is 0 Å². The van der Waals surface area contributed by atoms with Gasteiger partial charge in [0.15, 0.2) is 11.6 Å². The fourth-order valence-corrected chi connectivity index (χ4v) is 1.32. The fraction of sp³-hybridized carbons (Fsp3) is 0.385. The van der Waals surface area contributed by atoms with E-state index in [1.54, 1.807) is 14.1 Å². The number of carbonyl (C=O) groups excluding carboxylic acids is 1. The Hall–Kier alpha value is -2.09. The highest BCUT2D eigenvalue weighted by Crippen LogP contribution is 2.18. The maximum atomic E-state index is 13.4. The van der Waals surface area contributed by atoms with Crippen molar-refractivity contribution >= 4 is 5.91 Å². The third-order valence-corrected chi connectivity index (χ3v) is 2.35. The van der Waals surface area contributed by atoms with Gasteiger partial charge >= 0.3 is 0 Å². The highest BCUT2D eigenvalue weighted by atomic mass is 19.1. The van der Waals surface area contributed by atoms with Crippen molar-refractivity contribution in [2.75, 3.05) is 20.7 Å². The normalized spacial score (nSPS) is 9.67. The fourth-order valence-electron chi connectivity index (χ4n) is 1.32. The van der Waals surface area contributed by atoms with Gasteiger partial charge in [0.25, 0.3) is 0 Å². The first-order chi connectivity index (χ1) is 8.54. The molecule has 0 aromatic heterocycles. The highest BCUT2D eigenvalue weighted by Gasteiger charge is 2.06. The van der Waals surface area contributed by atoms with Crippen LogP contribution in [-0.4, -0.2) is 31.5 Å². The molecule has 0 saturated heterocycles. The van der Waals surface area contributed by atoms with Crippen molar-refractivity contribution in [1.29, 1.82) is 5.26 Å². The van der Waals surface area contributed by atoms with Crippen molar-refractivity contribution in [3.8, 4) is 11.8 Å². The zero-order valence-electron chi connectivity index (χ0n) is 10.4. The number of ether oxygens (including phenoxy) is 1. The Morgan fingerprint density at radius 2 is 2.22 bits per heavy atom. The third kappa shape index (κ3) is 4.06. The van der Waals surface area contributed by atoms with Crippen molar-refractivity contribution in [2.24, 2.45) is 0 Å². The first kappa shape index (κ1) is 14.0. The van der Waals surface area contributed by atoms with Gasteiger partial charge < -0.3 is 9.64 Å². The van der Waals surface area contributed by atoms with Crippen LogP contribution in [0.15, 0.2) is 18.2 Å². The van der Waals surface area contributed by atoms with Crippen LogP contribution in [0.4, 0.5) is 4.39 Å². The summed E-state index contributed by atoms with van der Waals surface area (Å²) in [6, 6.07) is 5.88. The lowest BCUT2D eigenvalue weighted by atomic mass is 10.2. The van der Waals surface area contributed by atoms with Gasteiger partial charge in [0.1, 0.15) is 0 Å². The summed E-state index contributed by atoms with van der Waals surface area (Å²) in [6.07, 6.45) is 0.890. The van der Waals surface area contributed by atoms with Crippen LogP contribution in [0.3, 0.4) is 0 Å². The molecule has 96 valence electrons. The minimum Gasteiger partial charge on any atom is -0.491 e. The van der Waals surface area contributed by atoms with E-state index in [2.05, 4.69) is 0 Å². The lowest BCUT2D eigenvalue weighted by Gasteiger charge is -2.10. The molecule has 0 bridgehead atoms. The average molecular weight is 250 g/mol. The average Bonchev–Trinajstić information content (AvgIpc) is 2.35. The van der Waals surface area contributed by atoms with Gasteiger partial charge in [0.2, 0.25) is 5.91 Å². The third-order valence-electron chi connectivity index (χ3n) is 2.35. The Bertz CT molecular complexity index is 467. The summed E-state index contributed by atoms with van der Waals surface area (Å²) in [7, 11) is 3.37. The monoisotopic (exact) mass is 250 g/mol. The zero-order chi connectivity index (χ0) is 13.5. The van der Waals surface area contributed by atoms with E-state index in [9.17, 15) is 9.18 Å². The van der Waals surface area contributed by atoms with E-state index >= 15 is 0 Å². The maximum absolute atomic E-state index is 13.4. The molecule has 18 heavy (non-hydrogen) atoms. The smallest absolute Gasteiger partial charge is 0.222 e. The van der Waals surface area contributed by atoms with Crippen LogP contribution in [-0.2, 0) is 4.79 Å². The minimum atomic E-state index is -0.562. The Balaban J connectivity index is 2.41. The molecule has 4 nitrogen and oxygen atoms in total. The number of nitrogens with zero attached hydrogens (tertiary/aromatic N) is 2. The molecule has 0 atom stereocenters. The molecule has 0 saturated carbocycles. The zero-order valence-corrected chi connectivity index (χ0v) is 10.4. The highest BCUT2D eigenvalue weighted by molar-refractivity contribution is 5.75. The maximum Gasteiger partial charge on any atom is 0.222 e. The molecule has 0 N–H and O–H groups in total. The van der Waals surface area contributed by atoms with Crippen molar-refractivity contribution in [2.45, 2.75) is 12.8 Å². The van der Waals surface area contributed by atoms with Crippen molar-refractivity contribution in [1.82, 2.24) is 4.90 Å². The number of benzene rings is 1. The largest absolute Gasteiger partial charge is 0.491 e. The Kier molecular flexibility index (Phi) is 5.12. The van der Waals surface area contributed by atoms with Crippen LogP contribution in [0.25, 0.3) is 0 Å². The first-order valence-corrected chi connectivity index (χ1v) is 5.57. The van der Waals surface area contributed by atoms with Gasteiger partial charge in [0.05, 0.1) is 18.2 Å². The molecule has 0 radical (unpaired) electrons. The second-order valence-corrected chi connectivity index (χ2v) is 4.00. The molecule has 1 aromatic carbocycles. The first-order valence-electron chi connectivity index (χ1n) is 5.57. The molecule has 5 heteroatoms. The molecule has 0 spiro atoms. The van der Waals surface area contributed by atoms with E-state index in [-0.39, 0.29) is 23.8 Å². The summed E-state index contributed by atoms with van der Waals surface area (Å²) in [5, 5.41) is 8.58. The van der Waals surface area contributed by atoms with Crippen molar-refractivity contribution < 1.29 is 13.9 Å².